The first-order valence-corrected chi connectivity index (χ1v) is 7.46. The maximum Gasteiger partial charge on any atom is 0.150 e. The van der Waals surface area contributed by atoms with Crippen LogP contribution in [0.15, 0.2) is 0 Å². The van der Waals surface area contributed by atoms with Crippen molar-refractivity contribution < 1.29 is 12.8 Å². The summed E-state index contributed by atoms with van der Waals surface area (Å²) in [6, 6.07) is 0. The van der Waals surface area contributed by atoms with E-state index < -0.39 is 16.0 Å². The minimum Gasteiger partial charge on any atom is -0.316 e. The monoisotopic (exact) mass is 235 g/mol. The summed E-state index contributed by atoms with van der Waals surface area (Å²) in [5.41, 5.74) is 0. The molecule has 0 radical (unpaired) electrons. The summed E-state index contributed by atoms with van der Waals surface area (Å²) in [4.78, 5) is 0. The summed E-state index contributed by atoms with van der Waals surface area (Å²) < 4.78 is 36.6. The predicted molar refractivity (Wildman–Crippen MR) is 57.3 cm³/mol. The zero-order chi connectivity index (χ0) is 10.9. The normalized spacial score (nSPS) is 41.3. The van der Waals surface area contributed by atoms with Crippen LogP contribution in [0.2, 0.25) is 0 Å². The predicted octanol–water partition coefficient (Wildman–Crippen LogP) is 0.759. The summed E-state index contributed by atoms with van der Waals surface area (Å²) in [5.74, 6) is 0.431. The second-order valence-corrected chi connectivity index (χ2v) is 6.92. The van der Waals surface area contributed by atoms with E-state index in [1.165, 1.54) is 0 Å². The molecule has 5 heteroatoms. The lowest BCUT2D eigenvalue weighted by molar-refractivity contribution is 0.127. The highest BCUT2D eigenvalue weighted by molar-refractivity contribution is 7.91. The number of hydrogen-bond donors (Lipinski definition) is 1. The third-order valence-corrected chi connectivity index (χ3v) is 5.39. The van der Waals surface area contributed by atoms with Crippen LogP contribution in [0.1, 0.15) is 19.3 Å². The molecule has 3 atom stereocenters. The van der Waals surface area contributed by atoms with Crippen molar-refractivity contribution in [1.29, 1.82) is 0 Å². The quantitative estimate of drug-likeness (QED) is 0.730. The molecular weight excluding hydrogens is 217 g/mol. The molecule has 15 heavy (non-hydrogen) atoms. The molecule has 2 fully saturated rings. The van der Waals surface area contributed by atoms with Gasteiger partial charge in [0.1, 0.15) is 6.17 Å². The Morgan fingerprint density at radius 3 is 2.73 bits per heavy atom. The fraction of sp³-hybridized carbons (Fsp3) is 1.00. The number of rotatable bonds is 1. The standard InChI is InChI=1S/C10H18FNO2S/c11-10-3-4-12-6-9(10)8-2-1-5-15(13,14)7-8/h8-10,12H,1-7H2. The molecule has 0 spiro atoms. The lowest BCUT2D eigenvalue weighted by Crippen LogP contribution is -2.45. The zero-order valence-corrected chi connectivity index (χ0v) is 9.60. The van der Waals surface area contributed by atoms with Crippen LogP contribution in [0.25, 0.3) is 0 Å². The van der Waals surface area contributed by atoms with E-state index in [0.717, 1.165) is 13.0 Å². The van der Waals surface area contributed by atoms with Crippen LogP contribution in [-0.2, 0) is 9.84 Å². The second-order valence-electron chi connectivity index (χ2n) is 4.69. The van der Waals surface area contributed by atoms with Crippen LogP contribution >= 0.6 is 0 Å². The van der Waals surface area contributed by atoms with Gasteiger partial charge in [0, 0.05) is 12.5 Å². The minimum atomic E-state index is -2.90. The number of piperidine rings is 1. The molecule has 0 aromatic rings. The molecule has 3 nitrogen and oxygen atoms in total. The molecule has 2 heterocycles. The molecular formula is C10H18FNO2S. The van der Waals surface area contributed by atoms with Crippen LogP contribution < -0.4 is 5.32 Å². The van der Waals surface area contributed by atoms with Gasteiger partial charge in [0.05, 0.1) is 11.5 Å². The van der Waals surface area contributed by atoms with Gasteiger partial charge in [0.2, 0.25) is 0 Å². The topological polar surface area (TPSA) is 46.2 Å². The maximum atomic E-state index is 13.6. The summed E-state index contributed by atoms with van der Waals surface area (Å²) in [7, 11) is -2.90. The molecule has 2 aliphatic heterocycles. The van der Waals surface area contributed by atoms with Crippen molar-refractivity contribution in [2.75, 3.05) is 24.6 Å². The Morgan fingerprint density at radius 1 is 1.27 bits per heavy atom. The SMILES string of the molecule is O=S1(=O)CCCC(C2CNCCC2F)C1. The van der Waals surface area contributed by atoms with Crippen LogP contribution in [0, 0.1) is 11.8 Å². The van der Waals surface area contributed by atoms with Crippen LogP contribution in [-0.4, -0.2) is 39.2 Å². The summed E-state index contributed by atoms with van der Waals surface area (Å²) in [6.07, 6.45) is 1.29. The van der Waals surface area contributed by atoms with Gasteiger partial charge in [-0.2, -0.15) is 0 Å². The van der Waals surface area contributed by atoms with E-state index in [4.69, 9.17) is 0 Å². The number of hydrogen-bond acceptors (Lipinski definition) is 3. The Morgan fingerprint density at radius 2 is 2.07 bits per heavy atom. The van der Waals surface area contributed by atoms with Crippen molar-refractivity contribution in [3.63, 3.8) is 0 Å². The highest BCUT2D eigenvalue weighted by Crippen LogP contribution is 2.31. The molecule has 2 rings (SSSR count). The third kappa shape index (κ3) is 2.69. The smallest absolute Gasteiger partial charge is 0.150 e. The lowest BCUT2D eigenvalue weighted by Gasteiger charge is -2.35. The highest BCUT2D eigenvalue weighted by Gasteiger charge is 2.36. The van der Waals surface area contributed by atoms with Gasteiger partial charge in [-0.05, 0) is 31.7 Å². The second kappa shape index (κ2) is 4.37. The molecule has 2 saturated heterocycles. The van der Waals surface area contributed by atoms with Crippen molar-refractivity contribution in [3.8, 4) is 0 Å². The Bertz CT molecular complexity index is 317. The number of halogens is 1. The molecule has 1 N–H and O–H groups in total. The van der Waals surface area contributed by atoms with Gasteiger partial charge >= 0.3 is 0 Å². The summed E-state index contributed by atoms with van der Waals surface area (Å²) >= 11 is 0. The van der Waals surface area contributed by atoms with Crippen molar-refractivity contribution in [3.05, 3.63) is 0 Å². The average molecular weight is 235 g/mol. The average Bonchev–Trinajstić information content (AvgIpc) is 2.17. The third-order valence-electron chi connectivity index (χ3n) is 3.55. The Balaban J connectivity index is 2.03. The molecule has 0 bridgehead atoms. The maximum absolute atomic E-state index is 13.6. The van der Waals surface area contributed by atoms with Gasteiger partial charge in [-0.1, -0.05) is 0 Å². The fourth-order valence-electron chi connectivity index (χ4n) is 2.71. The lowest BCUT2D eigenvalue weighted by atomic mass is 9.83. The number of sulfone groups is 1. The molecule has 0 aromatic carbocycles. The van der Waals surface area contributed by atoms with Crippen LogP contribution in [0.3, 0.4) is 0 Å². The Kier molecular flexibility index (Phi) is 3.30. The molecule has 0 aromatic heterocycles. The van der Waals surface area contributed by atoms with Crippen LogP contribution in [0.4, 0.5) is 4.39 Å². The largest absolute Gasteiger partial charge is 0.316 e. The zero-order valence-electron chi connectivity index (χ0n) is 8.78. The minimum absolute atomic E-state index is 0.0338. The van der Waals surface area contributed by atoms with E-state index in [1.807, 2.05) is 0 Å². The number of nitrogens with one attached hydrogen (secondary N) is 1. The number of alkyl halides is 1. The van der Waals surface area contributed by atoms with E-state index in [2.05, 4.69) is 5.32 Å². The Labute approximate surface area is 90.4 Å². The van der Waals surface area contributed by atoms with E-state index >= 15 is 0 Å². The molecule has 3 unspecified atom stereocenters. The van der Waals surface area contributed by atoms with Crippen molar-refractivity contribution in [2.24, 2.45) is 11.8 Å². The Hall–Kier alpha value is -0.160. The van der Waals surface area contributed by atoms with E-state index in [0.29, 0.717) is 25.1 Å². The molecule has 0 amide bonds. The molecule has 88 valence electrons. The fourth-order valence-corrected chi connectivity index (χ4v) is 4.55. The highest BCUT2D eigenvalue weighted by atomic mass is 32.2. The first-order valence-electron chi connectivity index (χ1n) is 5.64. The van der Waals surface area contributed by atoms with Gasteiger partial charge in [-0.3, -0.25) is 0 Å². The molecule has 0 saturated carbocycles. The van der Waals surface area contributed by atoms with Crippen molar-refractivity contribution >= 4 is 9.84 Å². The van der Waals surface area contributed by atoms with Gasteiger partial charge < -0.3 is 5.32 Å². The van der Waals surface area contributed by atoms with E-state index in [1.54, 1.807) is 0 Å². The van der Waals surface area contributed by atoms with Gasteiger partial charge in [-0.15, -0.1) is 0 Å². The van der Waals surface area contributed by atoms with Crippen molar-refractivity contribution in [2.45, 2.75) is 25.4 Å². The summed E-state index contributed by atoms with van der Waals surface area (Å²) in [6.45, 7) is 1.36. The van der Waals surface area contributed by atoms with E-state index in [-0.39, 0.29) is 17.6 Å². The van der Waals surface area contributed by atoms with Gasteiger partial charge in [-0.25, -0.2) is 12.8 Å². The van der Waals surface area contributed by atoms with Crippen LogP contribution in [0.5, 0.6) is 0 Å². The van der Waals surface area contributed by atoms with Crippen molar-refractivity contribution in [1.82, 2.24) is 5.32 Å². The van der Waals surface area contributed by atoms with E-state index in [9.17, 15) is 12.8 Å². The molecule has 2 aliphatic rings. The molecule has 0 aliphatic carbocycles. The van der Waals surface area contributed by atoms with Gasteiger partial charge in [0.15, 0.2) is 9.84 Å². The first kappa shape index (κ1) is 11.3. The van der Waals surface area contributed by atoms with Gasteiger partial charge in [0.25, 0.3) is 0 Å². The first-order chi connectivity index (χ1) is 7.08. The summed E-state index contributed by atoms with van der Waals surface area (Å²) in [5, 5.41) is 3.16.